The molecule has 144 valence electrons. The smallest absolute Gasteiger partial charge is 0.174 e. The molecule has 3 heterocycles. The van der Waals surface area contributed by atoms with Crippen molar-refractivity contribution in [1.82, 2.24) is 14.9 Å². The van der Waals surface area contributed by atoms with E-state index < -0.39 is 0 Å². The zero-order chi connectivity index (χ0) is 19.8. The maximum atomic E-state index is 5.79. The molecule has 0 spiro atoms. The number of thiocarbonyl (C=S) groups is 1. The molecule has 0 amide bonds. The summed E-state index contributed by atoms with van der Waals surface area (Å²) in [7, 11) is 3.78. The van der Waals surface area contributed by atoms with Gasteiger partial charge in [-0.1, -0.05) is 18.2 Å². The van der Waals surface area contributed by atoms with Gasteiger partial charge in [-0.3, -0.25) is 4.98 Å². The molecule has 1 aliphatic rings. The Morgan fingerprint density at radius 1 is 1.11 bits per heavy atom. The lowest BCUT2D eigenvalue weighted by Gasteiger charge is -2.29. The van der Waals surface area contributed by atoms with E-state index in [1.54, 1.807) is 7.11 Å². The van der Waals surface area contributed by atoms with E-state index in [1.165, 1.54) is 17.0 Å². The van der Waals surface area contributed by atoms with Crippen molar-refractivity contribution in [2.45, 2.75) is 25.9 Å². The molecular weight excluding hydrogens is 368 g/mol. The Morgan fingerprint density at radius 2 is 1.86 bits per heavy atom. The van der Waals surface area contributed by atoms with Crippen LogP contribution >= 0.6 is 12.2 Å². The van der Waals surface area contributed by atoms with Crippen molar-refractivity contribution in [3.63, 3.8) is 0 Å². The van der Waals surface area contributed by atoms with E-state index in [4.69, 9.17) is 17.0 Å². The van der Waals surface area contributed by atoms with E-state index in [-0.39, 0.29) is 12.1 Å². The van der Waals surface area contributed by atoms with Crippen molar-refractivity contribution in [3.05, 3.63) is 77.4 Å². The van der Waals surface area contributed by atoms with Crippen molar-refractivity contribution >= 4 is 23.0 Å². The van der Waals surface area contributed by atoms with Crippen LogP contribution in [0.25, 0.3) is 0 Å². The highest BCUT2D eigenvalue weighted by Crippen LogP contribution is 2.45. The van der Waals surface area contributed by atoms with Crippen LogP contribution in [-0.4, -0.2) is 21.8 Å². The van der Waals surface area contributed by atoms with Crippen LogP contribution in [0.2, 0.25) is 0 Å². The van der Waals surface area contributed by atoms with Crippen molar-refractivity contribution in [2.75, 3.05) is 12.0 Å². The van der Waals surface area contributed by atoms with E-state index in [0.717, 1.165) is 17.1 Å². The number of aryl methyl sites for hydroxylation is 1. The van der Waals surface area contributed by atoms with Crippen LogP contribution in [-0.2, 0) is 7.05 Å². The standard InChI is InChI=1S/C22H24N4OS/c1-14-13-16(15(2)25(14)3)21-20(17-9-7-8-12-23-17)24-22(28)26(21)18-10-5-6-11-19(18)27-4/h5-13,20-21H,1-4H3,(H,24,28)/t20-,21+/m0/s1. The maximum Gasteiger partial charge on any atom is 0.174 e. The fourth-order valence-electron chi connectivity index (χ4n) is 3.94. The fraction of sp³-hybridized carbons (Fsp3) is 0.273. The van der Waals surface area contributed by atoms with Gasteiger partial charge in [-0.15, -0.1) is 0 Å². The van der Waals surface area contributed by atoms with Gasteiger partial charge in [0.2, 0.25) is 0 Å². The van der Waals surface area contributed by atoms with Crippen molar-refractivity contribution in [2.24, 2.45) is 7.05 Å². The van der Waals surface area contributed by atoms with Gasteiger partial charge in [-0.05, 0) is 62.0 Å². The molecule has 0 bridgehead atoms. The first-order valence-corrected chi connectivity index (χ1v) is 9.70. The first kappa shape index (κ1) is 18.5. The molecule has 0 aliphatic carbocycles. The van der Waals surface area contributed by atoms with Crippen LogP contribution in [0.15, 0.2) is 54.7 Å². The molecule has 4 rings (SSSR count). The second-order valence-electron chi connectivity index (χ2n) is 7.05. The van der Waals surface area contributed by atoms with Gasteiger partial charge in [-0.25, -0.2) is 0 Å². The number of ether oxygens (including phenoxy) is 1. The summed E-state index contributed by atoms with van der Waals surface area (Å²) in [6.45, 7) is 4.28. The van der Waals surface area contributed by atoms with Gasteiger partial charge in [0.15, 0.2) is 5.11 Å². The number of hydrogen-bond donors (Lipinski definition) is 1. The minimum absolute atomic E-state index is 0.0291. The highest BCUT2D eigenvalue weighted by Gasteiger charge is 2.42. The number of hydrogen-bond acceptors (Lipinski definition) is 3. The lowest BCUT2D eigenvalue weighted by atomic mass is 9.96. The number of nitrogens with zero attached hydrogens (tertiary/aromatic N) is 3. The zero-order valence-corrected chi connectivity index (χ0v) is 17.3. The highest BCUT2D eigenvalue weighted by molar-refractivity contribution is 7.80. The van der Waals surface area contributed by atoms with Crippen molar-refractivity contribution in [1.29, 1.82) is 0 Å². The van der Waals surface area contributed by atoms with Crippen LogP contribution in [0.4, 0.5) is 5.69 Å². The molecule has 28 heavy (non-hydrogen) atoms. The number of methoxy groups -OCH3 is 1. The number of para-hydroxylation sites is 2. The van der Waals surface area contributed by atoms with Gasteiger partial charge in [0.1, 0.15) is 5.75 Å². The number of aromatic nitrogens is 2. The Kier molecular flexibility index (Phi) is 4.81. The lowest BCUT2D eigenvalue weighted by molar-refractivity contribution is 0.414. The Bertz CT molecular complexity index is 1010. The third kappa shape index (κ3) is 2.94. The van der Waals surface area contributed by atoms with Crippen LogP contribution in [0, 0.1) is 13.8 Å². The molecule has 2 atom stereocenters. The quantitative estimate of drug-likeness (QED) is 0.673. The Morgan fingerprint density at radius 3 is 2.50 bits per heavy atom. The molecule has 0 saturated carbocycles. The summed E-state index contributed by atoms with van der Waals surface area (Å²) in [6, 6.07) is 16.1. The molecule has 0 radical (unpaired) electrons. The molecule has 1 fully saturated rings. The van der Waals surface area contributed by atoms with Gasteiger partial charge in [0, 0.05) is 24.6 Å². The van der Waals surface area contributed by atoms with E-state index >= 15 is 0 Å². The Balaban J connectivity index is 1.91. The van der Waals surface area contributed by atoms with Crippen molar-refractivity contribution < 1.29 is 4.74 Å². The summed E-state index contributed by atoms with van der Waals surface area (Å²) >= 11 is 5.79. The second kappa shape index (κ2) is 7.28. The molecule has 6 heteroatoms. The number of benzene rings is 1. The molecule has 1 N–H and O–H groups in total. The molecule has 2 aromatic heterocycles. The van der Waals surface area contributed by atoms with E-state index in [2.05, 4.69) is 46.7 Å². The topological polar surface area (TPSA) is 42.3 Å². The maximum absolute atomic E-state index is 5.79. The molecular formula is C22H24N4OS. The van der Waals surface area contributed by atoms with Gasteiger partial charge in [0.25, 0.3) is 0 Å². The lowest BCUT2D eigenvalue weighted by Crippen LogP contribution is -2.30. The minimum atomic E-state index is -0.0564. The summed E-state index contributed by atoms with van der Waals surface area (Å²) in [6.07, 6.45) is 1.83. The van der Waals surface area contributed by atoms with Gasteiger partial charge < -0.3 is 19.5 Å². The predicted molar refractivity (Wildman–Crippen MR) is 116 cm³/mol. The van der Waals surface area contributed by atoms with Gasteiger partial charge in [-0.2, -0.15) is 0 Å². The van der Waals surface area contributed by atoms with Crippen LogP contribution < -0.4 is 15.0 Å². The van der Waals surface area contributed by atoms with Crippen LogP contribution in [0.1, 0.15) is 34.7 Å². The SMILES string of the molecule is COc1ccccc1N1C(=S)N[C@@H](c2ccccn2)[C@H]1c1cc(C)n(C)c1C. The van der Waals surface area contributed by atoms with E-state index in [9.17, 15) is 0 Å². The van der Waals surface area contributed by atoms with Crippen LogP contribution in [0.5, 0.6) is 5.75 Å². The van der Waals surface area contributed by atoms with E-state index in [0.29, 0.717) is 5.11 Å². The first-order chi connectivity index (χ1) is 13.5. The fourth-order valence-corrected chi connectivity index (χ4v) is 4.28. The summed E-state index contributed by atoms with van der Waals surface area (Å²) in [5.41, 5.74) is 5.58. The molecule has 3 aromatic rings. The molecule has 0 unspecified atom stereocenters. The third-order valence-corrected chi connectivity index (χ3v) is 5.89. The number of nitrogens with one attached hydrogen (secondary N) is 1. The Labute approximate surface area is 171 Å². The van der Waals surface area contributed by atoms with E-state index in [1.807, 2.05) is 48.7 Å². The average Bonchev–Trinajstić information content (AvgIpc) is 3.19. The van der Waals surface area contributed by atoms with Crippen molar-refractivity contribution in [3.8, 4) is 5.75 Å². The summed E-state index contributed by atoms with van der Waals surface area (Å²) in [5, 5.41) is 4.18. The summed E-state index contributed by atoms with van der Waals surface area (Å²) < 4.78 is 7.86. The number of rotatable bonds is 4. The third-order valence-electron chi connectivity index (χ3n) is 5.58. The summed E-state index contributed by atoms with van der Waals surface area (Å²) in [4.78, 5) is 6.78. The first-order valence-electron chi connectivity index (χ1n) is 9.29. The molecule has 1 aliphatic heterocycles. The normalized spacial score (nSPS) is 19.0. The van der Waals surface area contributed by atoms with Gasteiger partial charge in [0.05, 0.1) is 30.6 Å². The molecule has 1 saturated heterocycles. The largest absolute Gasteiger partial charge is 0.495 e. The monoisotopic (exact) mass is 392 g/mol. The minimum Gasteiger partial charge on any atom is -0.495 e. The second-order valence-corrected chi connectivity index (χ2v) is 7.44. The number of pyridine rings is 1. The van der Waals surface area contributed by atoms with Crippen LogP contribution in [0.3, 0.4) is 0 Å². The Hall–Kier alpha value is -2.86. The average molecular weight is 393 g/mol. The van der Waals surface area contributed by atoms with Gasteiger partial charge >= 0.3 is 0 Å². The number of anilines is 1. The molecule has 1 aromatic carbocycles. The summed E-state index contributed by atoms with van der Waals surface area (Å²) in [5.74, 6) is 0.795. The predicted octanol–water partition coefficient (Wildman–Crippen LogP) is 4.22. The highest BCUT2D eigenvalue weighted by atomic mass is 32.1. The zero-order valence-electron chi connectivity index (χ0n) is 16.5. The molecule has 5 nitrogen and oxygen atoms in total.